The average Bonchev–Trinajstić information content (AvgIpc) is 3.10. The van der Waals surface area contributed by atoms with Crippen LogP contribution in [0.25, 0.3) is 11.1 Å². The van der Waals surface area contributed by atoms with Crippen LogP contribution in [0.15, 0.2) is 102 Å². The van der Waals surface area contributed by atoms with Gasteiger partial charge >= 0.3 is 11.9 Å². The van der Waals surface area contributed by atoms with E-state index >= 15 is 0 Å². The van der Waals surface area contributed by atoms with Gasteiger partial charge in [-0.25, -0.2) is 4.79 Å². The summed E-state index contributed by atoms with van der Waals surface area (Å²) in [5.74, 6) is -1.22. The van der Waals surface area contributed by atoms with E-state index in [0.29, 0.717) is 5.75 Å². The molecule has 4 aromatic carbocycles. The number of carbonyl (C=O) groups excluding carboxylic acids is 2. The molecule has 1 saturated heterocycles. The Balaban J connectivity index is 1.35. The van der Waals surface area contributed by atoms with Gasteiger partial charge in [0.25, 0.3) is 5.91 Å². The normalized spacial score (nSPS) is 19.7. The fourth-order valence-electron chi connectivity index (χ4n) is 5.54. The number of aliphatic hydroxyl groups excluding tert-OH is 1. The van der Waals surface area contributed by atoms with Crippen molar-refractivity contribution >= 4 is 29.6 Å². The van der Waals surface area contributed by atoms with Gasteiger partial charge < -0.3 is 29.7 Å². The molecule has 5 rings (SSSR count). The number of rotatable bonds is 12. The van der Waals surface area contributed by atoms with E-state index in [2.05, 4.69) is 12.2 Å². The quantitative estimate of drug-likeness (QED) is 0.111. The molecule has 1 aliphatic heterocycles. The molecule has 0 unspecified atom stereocenters. The number of aromatic carboxylic acids is 1. The van der Waals surface area contributed by atoms with Crippen LogP contribution in [-0.4, -0.2) is 46.0 Å². The van der Waals surface area contributed by atoms with E-state index in [1.165, 1.54) is 13.8 Å². The first-order chi connectivity index (χ1) is 23.1. The minimum absolute atomic E-state index is 0.00865. The summed E-state index contributed by atoms with van der Waals surface area (Å²) >= 11 is 1.60. The maximum Gasteiger partial charge on any atom is 0.335 e. The number of hydrogen-bond donors (Lipinski definition) is 3. The summed E-state index contributed by atoms with van der Waals surface area (Å²) in [5, 5.41) is 21.6. The standard InChI is InChI=1S/C38H39NO8S/c1-23-34(22-48-33-16-14-29(15-17-33)37(43)44)46-38(47-35(23)28-12-10-26(21-40)11-13-28)32-9-5-8-31(19-32)30-7-4-6-27(18-30)20-39-36(42)24(2)45-25(3)41/h4-19,23-24,34-35,38,40H,20-22H2,1-3H3,(H,39,42)(H,43,44)/t23-,24+,34+,35+,38+/m1/s1. The molecule has 1 amide bonds. The SMILES string of the molecule is CC(=O)O[C@@H](C)C(=O)NCc1cccc(-c2cccc([C@H]3O[C@@H](CSc4ccc(C(=O)O)cc4)[C@@H](C)[C@@H](c4ccc(CO)cc4)O3)c2)c1. The van der Waals surface area contributed by atoms with Gasteiger partial charge in [0.05, 0.1) is 24.4 Å². The molecule has 0 aliphatic carbocycles. The van der Waals surface area contributed by atoms with Crippen molar-refractivity contribution in [1.29, 1.82) is 0 Å². The smallest absolute Gasteiger partial charge is 0.335 e. The first kappa shape index (κ1) is 34.8. The molecule has 4 aromatic rings. The van der Waals surface area contributed by atoms with Crippen LogP contribution in [0.4, 0.5) is 0 Å². The lowest BCUT2D eigenvalue weighted by molar-refractivity contribution is -0.268. The summed E-state index contributed by atoms with van der Waals surface area (Å²) in [6.07, 6.45) is -2.01. The number of nitrogens with one attached hydrogen (secondary N) is 1. The number of ether oxygens (including phenoxy) is 3. The molecule has 1 fully saturated rings. The van der Waals surface area contributed by atoms with E-state index in [4.69, 9.17) is 14.2 Å². The van der Waals surface area contributed by atoms with Crippen molar-refractivity contribution in [2.45, 2.75) is 63.4 Å². The fraction of sp³-hybridized carbons (Fsp3) is 0.289. The maximum atomic E-state index is 12.4. The Hall–Kier alpha value is -4.48. The number of esters is 1. The zero-order valence-electron chi connectivity index (χ0n) is 27.0. The van der Waals surface area contributed by atoms with Gasteiger partial charge in [0.15, 0.2) is 12.4 Å². The van der Waals surface area contributed by atoms with E-state index in [0.717, 1.165) is 38.3 Å². The predicted octanol–water partition coefficient (Wildman–Crippen LogP) is 6.70. The molecule has 48 heavy (non-hydrogen) atoms. The largest absolute Gasteiger partial charge is 0.478 e. The number of benzene rings is 4. The molecule has 0 radical (unpaired) electrons. The molecular weight excluding hydrogens is 630 g/mol. The summed E-state index contributed by atoms with van der Waals surface area (Å²) < 4.78 is 18.3. The monoisotopic (exact) mass is 669 g/mol. The van der Waals surface area contributed by atoms with Crippen LogP contribution in [0.1, 0.15) is 65.8 Å². The van der Waals surface area contributed by atoms with Crippen LogP contribution < -0.4 is 5.32 Å². The van der Waals surface area contributed by atoms with E-state index in [1.54, 1.807) is 23.9 Å². The van der Waals surface area contributed by atoms with Gasteiger partial charge in [-0.3, -0.25) is 9.59 Å². The molecule has 3 N–H and O–H groups in total. The van der Waals surface area contributed by atoms with Crippen LogP contribution >= 0.6 is 11.8 Å². The van der Waals surface area contributed by atoms with Gasteiger partial charge in [0.1, 0.15) is 0 Å². The van der Waals surface area contributed by atoms with Crippen LogP contribution in [0.5, 0.6) is 0 Å². The third-order valence-electron chi connectivity index (χ3n) is 8.24. The van der Waals surface area contributed by atoms with Crippen molar-refractivity contribution < 1.29 is 38.8 Å². The minimum atomic E-state index is -0.961. The number of aliphatic hydroxyl groups is 1. The summed E-state index contributed by atoms with van der Waals surface area (Å²) in [4.78, 5) is 35.8. The fourth-order valence-corrected chi connectivity index (χ4v) is 6.61. The Labute approximate surface area is 284 Å². The summed E-state index contributed by atoms with van der Waals surface area (Å²) in [5.41, 5.74) is 5.70. The minimum Gasteiger partial charge on any atom is -0.478 e. The van der Waals surface area contributed by atoms with Crippen molar-refractivity contribution in [3.8, 4) is 11.1 Å². The van der Waals surface area contributed by atoms with Gasteiger partial charge in [-0.2, -0.15) is 0 Å². The topological polar surface area (TPSA) is 131 Å². The molecular formula is C38H39NO8S. The molecule has 0 aromatic heterocycles. The Kier molecular flexibility index (Phi) is 11.7. The Bertz CT molecular complexity index is 1730. The molecule has 9 nitrogen and oxygen atoms in total. The summed E-state index contributed by atoms with van der Waals surface area (Å²) in [6.45, 7) is 5.14. The van der Waals surface area contributed by atoms with Gasteiger partial charge in [-0.1, -0.05) is 67.6 Å². The second kappa shape index (κ2) is 16.1. The van der Waals surface area contributed by atoms with Crippen LogP contribution in [0, 0.1) is 5.92 Å². The average molecular weight is 670 g/mol. The number of thioether (sulfide) groups is 1. The highest BCUT2D eigenvalue weighted by Crippen LogP contribution is 2.43. The second-order valence-electron chi connectivity index (χ2n) is 11.8. The van der Waals surface area contributed by atoms with E-state index < -0.39 is 24.3 Å². The maximum absolute atomic E-state index is 12.4. The zero-order chi connectivity index (χ0) is 34.2. The third-order valence-corrected chi connectivity index (χ3v) is 9.34. The molecule has 1 heterocycles. The molecule has 1 aliphatic rings. The van der Waals surface area contributed by atoms with Crippen LogP contribution in [0.2, 0.25) is 0 Å². The summed E-state index contributed by atoms with van der Waals surface area (Å²) in [6, 6.07) is 30.4. The molecule has 10 heteroatoms. The number of carboxylic acid groups (broad SMARTS) is 1. The first-order valence-corrected chi connectivity index (χ1v) is 16.7. The third kappa shape index (κ3) is 8.90. The van der Waals surface area contributed by atoms with Gasteiger partial charge in [-0.05, 0) is 71.1 Å². The van der Waals surface area contributed by atoms with Crippen LogP contribution in [0.3, 0.4) is 0 Å². The first-order valence-electron chi connectivity index (χ1n) is 15.7. The molecule has 250 valence electrons. The number of carbonyl (C=O) groups is 3. The number of carboxylic acids is 1. The second-order valence-corrected chi connectivity index (χ2v) is 12.9. The molecule has 5 atom stereocenters. The van der Waals surface area contributed by atoms with Gasteiger partial charge in [-0.15, -0.1) is 11.8 Å². The molecule has 0 spiro atoms. The lowest BCUT2D eigenvalue weighted by atomic mass is 9.91. The Morgan fingerprint density at radius 2 is 1.56 bits per heavy atom. The number of amides is 1. The summed E-state index contributed by atoms with van der Waals surface area (Å²) in [7, 11) is 0. The highest BCUT2D eigenvalue weighted by atomic mass is 32.2. The Morgan fingerprint density at radius 1 is 0.875 bits per heavy atom. The predicted molar refractivity (Wildman–Crippen MR) is 182 cm³/mol. The van der Waals surface area contributed by atoms with Crippen LogP contribution in [-0.2, 0) is 37.0 Å². The van der Waals surface area contributed by atoms with Crippen molar-refractivity contribution in [2.75, 3.05) is 5.75 Å². The highest BCUT2D eigenvalue weighted by molar-refractivity contribution is 7.99. The lowest BCUT2D eigenvalue weighted by Crippen LogP contribution is -2.38. The van der Waals surface area contributed by atoms with E-state index in [-0.39, 0.29) is 42.7 Å². The van der Waals surface area contributed by atoms with Crippen molar-refractivity contribution in [3.05, 3.63) is 125 Å². The van der Waals surface area contributed by atoms with E-state index in [9.17, 15) is 24.6 Å². The number of hydrogen-bond acceptors (Lipinski definition) is 8. The van der Waals surface area contributed by atoms with Crippen molar-refractivity contribution in [3.63, 3.8) is 0 Å². The molecule has 0 bridgehead atoms. The van der Waals surface area contributed by atoms with E-state index in [1.807, 2.05) is 84.9 Å². The van der Waals surface area contributed by atoms with Gasteiger partial charge in [0, 0.05) is 35.6 Å². The Morgan fingerprint density at radius 3 is 2.23 bits per heavy atom. The lowest BCUT2D eigenvalue weighted by Gasteiger charge is -2.41. The zero-order valence-corrected chi connectivity index (χ0v) is 27.8. The van der Waals surface area contributed by atoms with Crippen molar-refractivity contribution in [2.24, 2.45) is 5.92 Å². The molecule has 0 saturated carbocycles. The van der Waals surface area contributed by atoms with Crippen molar-refractivity contribution in [1.82, 2.24) is 5.32 Å². The highest BCUT2D eigenvalue weighted by Gasteiger charge is 2.38. The van der Waals surface area contributed by atoms with Gasteiger partial charge in [0.2, 0.25) is 0 Å².